The quantitative estimate of drug-likeness (QED) is 0.540. The summed E-state index contributed by atoms with van der Waals surface area (Å²) in [4.78, 5) is 14.8. The molecule has 0 saturated carbocycles. The van der Waals surface area contributed by atoms with Gasteiger partial charge in [-0.15, -0.1) is 10.2 Å². The third-order valence-electron chi connectivity index (χ3n) is 5.65. The summed E-state index contributed by atoms with van der Waals surface area (Å²) in [5.41, 5.74) is 0.667. The molecule has 0 spiro atoms. The number of furan rings is 1. The number of hydrogen-bond acceptors (Lipinski definition) is 8. The van der Waals surface area contributed by atoms with Gasteiger partial charge < -0.3 is 24.1 Å². The first kappa shape index (κ1) is 20.7. The molecular formula is C22H25N5O4S. The lowest BCUT2D eigenvalue weighted by molar-refractivity contribution is -0.113. The maximum absolute atomic E-state index is 12.6. The molecule has 2 aliphatic heterocycles. The van der Waals surface area contributed by atoms with Gasteiger partial charge in [-0.05, 0) is 43.0 Å². The smallest absolute Gasteiger partial charge is 0.234 e. The van der Waals surface area contributed by atoms with Crippen molar-refractivity contribution in [3.63, 3.8) is 0 Å². The molecule has 0 radical (unpaired) electrons. The number of rotatable bonds is 7. The van der Waals surface area contributed by atoms with Gasteiger partial charge in [-0.2, -0.15) is 0 Å². The molecule has 0 atom stereocenters. The molecule has 5 rings (SSSR count). The largest absolute Gasteiger partial charge is 0.467 e. The molecule has 1 aromatic carbocycles. The molecule has 168 valence electrons. The van der Waals surface area contributed by atoms with Crippen LogP contribution < -0.4 is 19.7 Å². The zero-order chi connectivity index (χ0) is 21.9. The number of hydrogen-bond donors (Lipinski definition) is 1. The Morgan fingerprint density at radius 3 is 2.84 bits per heavy atom. The minimum Gasteiger partial charge on any atom is -0.467 e. The Kier molecular flexibility index (Phi) is 5.93. The monoisotopic (exact) mass is 455 g/mol. The highest BCUT2D eigenvalue weighted by Gasteiger charge is 2.24. The van der Waals surface area contributed by atoms with Crippen molar-refractivity contribution in [1.29, 1.82) is 0 Å². The van der Waals surface area contributed by atoms with Crippen LogP contribution in [0, 0.1) is 5.92 Å². The van der Waals surface area contributed by atoms with Crippen LogP contribution in [0.25, 0.3) is 0 Å². The Morgan fingerprint density at radius 2 is 2.03 bits per heavy atom. The fraction of sp³-hybridized carbons (Fsp3) is 0.409. The summed E-state index contributed by atoms with van der Waals surface area (Å²) in [5.74, 6) is 3.77. The number of nitrogens with zero attached hydrogens (tertiary/aromatic N) is 4. The van der Waals surface area contributed by atoms with E-state index in [4.69, 9.17) is 13.9 Å². The van der Waals surface area contributed by atoms with Gasteiger partial charge in [0.05, 0.1) is 18.6 Å². The van der Waals surface area contributed by atoms with Gasteiger partial charge in [0.2, 0.25) is 18.6 Å². The van der Waals surface area contributed by atoms with Crippen molar-refractivity contribution in [1.82, 2.24) is 14.8 Å². The van der Waals surface area contributed by atoms with Crippen molar-refractivity contribution in [3.05, 3.63) is 42.4 Å². The summed E-state index contributed by atoms with van der Waals surface area (Å²) in [6, 6.07) is 9.15. The minimum absolute atomic E-state index is 0.130. The first-order valence-electron chi connectivity index (χ1n) is 10.7. The average Bonchev–Trinajstić information content (AvgIpc) is 3.54. The molecule has 9 nitrogen and oxygen atoms in total. The van der Waals surface area contributed by atoms with E-state index in [1.807, 2.05) is 16.7 Å². The van der Waals surface area contributed by atoms with Crippen molar-refractivity contribution < 1.29 is 18.7 Å². The lowest BCUT2D eigenvalue weighted by Crippen LogP contribution is -2.35. The Hall–Kier alpha value is -3.14. The molecule has 0 unspecified atom stereocenters. The second-order valence-corrected chi connectivity index (χ2v) is 8.97. The number of carbonyl (C=O) groups excluding carboxylic acids is 1. The number of thioether (sulfide) groups is 1. The van der Waals surface area contributed by atoms with E-state index in [0.29, 0.717) is 28.9 Å². The molecule has 0 aliphatic carbocycles. The van der Waals surface area contributed by atoms with E-state index in [-0.39, 0.29) is 18.5 Å². The molecule has 1 fully saturated rings. The van der Waals surface area contributed by atoms with Crippen LogP contribution in [0.1, 0.15) is 25.5 Å². The van der Waals surface area contributed by atoms with Gasteiger partial charge >= 0.3 is 0 Å². The number of nitrogens with one attached hydrogen (secondary N) is 1. The number of fused-ring (bicyclic) bond motifs is 1. The highest BCUT2D eigenvalue weighted by atomic mass is 32.2. The summed E-state index contributed by atoms with van der Waals surface area (Å²) < 4.78 is 18.3. The number of carbonyl (C=O) groups is 1. The Balaban J connectivity index is 1.27. The molecule has 1 N–H and O–H groups in total. The van der Waals surface area contributed by atoms with Crippen molar-refractivity contribution in [2.24, 2.45) is 5.92 Å². The van der Waals surface area contributed by atoms with Crippen molar-refractivity contribution >= 4 is 29.3 Å². The van der Waals surface area contributed by atoms with E-state index in [1.54, 1.807) is 24.5 Å². The van der Waals surface area contributed by atoms with Crippen molar-refractivity contribution in [2.45, 2.75) is 31.5 Å². The van der Waals surface area contributed by atoms with Gasteiger partial charge in [0.1, 0.15) is 5.76 Å². The van der Waals surface area contributed by atoms with E-state index >= 15 is 0 Å². The third-order valence-corrected chi connectivity index (χ3v) is 6.61. The van der Waals surface area contributed by atoms with Gasteiger partial charge in [-0.1, -0.05) is 18.7 Å². The minimum atomic E-state index is -0.130. The van der Waals surface area contributed by atoms with Crippen molar-refractivity contribution in [2.75, 3.05) is 35.9 Å². The average molecular weight is 456 g/mol. The van der Waals surface area contributed by atoms with E-state index < -0.39 is 0 Å². The fourth-order valence-electron chi connectivity index (χ4n) is 3.83. The highest BCUT2D eigenvalue weighted by Crippen LogP contribution is 2.34. The topological polar surface area (TPSA) is 94.7 Å². The number of amides is 1. The molecule has 10 heteroatoms. The van der Waals surface area contributed by atoms with Crippen LogP contribution in [0.2, 0.25) is 0 Å². The van der Waals surface area contributed by atoms with E-state index in [9.17, 15) is 4.79 Å². The van der Waals surface area contributed by atoms with Crippen LogP contribution in [0.3, 0.4) is 0 Å². The fourth-order valence-corrected chi connectivity index (χ4v) is 4.56. The molecule has 4 heterocycles. The van der Waals surface area contributed by atoms with Crippen LogP contribution in [0.5, 0.6) is 11.5 Å². The summed E-state index contributed by atoms with van der Waals surface area (Å²) in [6.45, 7) is 4.91. The molecule has 32 heavy (non-hydrogen) atoms. The highest BCUT2D eigenvalue weighted by molar-refractivity contribution is 7.99. The second kappa shape index (κ2) is 9.15. The lowest BCUT2D eigenvalue weighted by Gasteiger charge is -2.31. The van der Waals surface area contributed by atoms with E-state index in [2.05, 4.69) is 27.3 Å². The predicted molar refractivity (Wildman–Crippen MR) is 120 cm³/mol. The van der Waals surface area contributed by atoms with Gasteiger partial charge in [-0.3, -0.25) is 9.36 Å². The first-order chi connectivity index (χ1) is 15.7. The van der Waals surface area contributed by atoms with Crippen LogP contribution in [-0.2, 0) is 11.3 Å². The second-order valence-electron chi connectivity index (χ2n) is 8.02. The number of anilines is 2. The maximum atomic E-state index is 12.6. The first-order valence-corrected chi connectivity index (χ1v) is 11.7. The summed E-state index contributed by atoms with van der Waals surface area (Å²) in [7, 11) is 0. The number of ether oxygens (including phenoxy) is 2. The molecule has 3 aromatic rings. The van der Waals surface area contributed by atoms with Crippen LogP contribution in [0.4, 0.5) is 11.6 Å². The van der Waals surface area contributed by atoms with E-state index in [0.717, 1.165) is 43.6 Å². The summed E-state index contributed by atoms with van der Waals surface area (Å²) in [5, 5.41) is 12.4. The van der Waals surface area contributed by atoms with Crippen LogP contribution >= 0.6 is 11.8 Å². The maximum Gasteiger partial charge on any atom is 0.234 e. The van der Waals surface area contributed by atoms with Gasteiger partial charge in [0.15, 0.2) is 16.7 Å². The van der Waals surface area contributed by atoms with Gasteiger partial charge in [0.25, 0.3) is 0 Å². The molecule has 2 aliphatic rings. The van der Waals surface area contributed by atoms with Crippen molar-refractivity contribution in [3.8, 4) is 11.5 Å². The normalized spacial score (nSPS) is 15.8. The Labute approximate surface area is 190 Å². The molecular weight excluding hydrogens is 430 g/mol. The van der Waals surface area contributed by atoms with Gasteiger partial charge in [-0.25, -0.2) is 0 Å². The number of aromatic nitrogens is 3. The van der Waals surface area contributed by atoms with Gasteiger partial charge in [0, 0.05) is 24.8 Å². The predicted octanol–water partition coefficient (Wildman–Crippen LogP) is 3.62. The number of benzene rings is 1. The summed E-state index contributed by atoms with van der Waals surface area (Å²) >= 11 is 1.36. The molecule has 1 amide bonds. The molecule has 2 aromatic heterocycles. The van der Waals surface area contributed by atoms with Crippen LogP contribution in [-0.4, -0.2) is 46.3 Å². The molecule has 1 saturated heterocycles. The van der Waals surface area contributed by atoms with E-state index in [1.165, 1.54) is 11.8 Å². The Morgan fingerprint density at radius 1 is 1.19 bits per heavy atom. The number of piperidine rings is 1. The van der Waals surface area contributed by atoms with Crippen LogP contribution in [0.15, 0.2) is 46.2 Å². The SMILES string of the molecule is CC1CCN(c2nnc(SCC(=O)Nc3ccc4c(c3)OCO4)n2Cc2ccco2)CC1. The lowest BCUT2D eigenvalue weighted by atomic mass is 10.00. The Bertz CT molecular complexity index is 1080. The standard InChI is InChI=1S/C22H25N5O4S/c1-15-6-8-26(9-7-15)21-24-25-22(27(21)12-17-3-2-10-29-17)32-13-20(28)23-16-4-5-18-19(11-16)31-14-30-18/h2-5,10-11,15H,6-9,12-14H2,1H3,(H,23,28). The molecule has 0 bridgehead atoms. The summed E-state index contributed by atoms with van der Waals surface area (Å²) in [6.07, 6.45) is 3.93. The zero-order valence-corrected chi connectivity index (χ0v) is 18.6. The third kappa shape index (κ3) is 4.55. The zero-order valence-electron chi connectivity index (χ0n) is 17.8.